The van der Waals surface area contributed by atoms with Crippen LogP contribution in [0.15, 0.2) is 18.2 Å². The Kier molecular flexibility index (Phi) is 6.60. The van der Waals surface area contributed by atoms with Gasteiger partial charge in [0, 0.05) is 5.69 Å². The van der Waals surface area contributed by atoms with E-state index >= 15 is 0 Å². The number of anilines is 1. The third-order valence-electron chi connectivity index (χ3n) is 3.34. The molecule has 0 aromatic heterocycles. The number of aryl methyl sites for hydroxylation is 1. The lowest BCUT2D eigenvalue weighted by Crippen LogP contribution is -2.50. The zero-order valence-corrected chi connectivity index (χ0v) is 14.8. The molecular weight excluding hydrogens is 312 g/mol. The molecule has 0 saturated heterocycles. The molecule has 7 heteroatoms. The van der Waals surface area contributed by atoms with Gasteiger partial charge in [-0.05, 0) is 57.4 Å². The summed E-state index contributed by atoms with van der Waals surface area (Å²) in [4.78, 5) is 23.7. The number of hydrogen-bond donors (Lipinski definition) is 3. The Morgan fingerprint density at radius 3 is 2.50 bits per heavy atom. The smallest absolute Gasteiger partial charge is 0.407 e. The van der Waals surface area contributed by atoms with E-state index in [2.05, 4.69) is 10.1 Å². The van der Waals surface area contributed by atoms with Gasteiger partial charge in [-0.15, -0.1) is 0 Å². The molecule has 0 radical (unpaired) electrons. The van der Waals surface area contributed by atoms with Crippen molar-refractivity contribution in [3.63, 3.8) is 0 Å². The highest BCUT2D eigenvalue weighted by molar-refractivity contribution is 5.77. The highest BCUT2D eigenvalue weighted by atomic mass is 16.6. The van der Waals surface area contributed by atoms with Crippen molar-refractivity contribution in [2.45, 2.75) is 51.9 Å². The molecule has 0 bridgehead atoms. The van der Waals surface area contributed by atoms with Crippen molar-refractivity contribution >= 4 is 17.7 Å². The van der Waals surface area contributed by atoms with Crippen molar-refractivity contribution in [2.24, 2.45) is 0 Å². The van der Waals surface area contributed by atoms with Gasteiger partial charge in [-0.2, -0.15) is 0 Å². The van der Waals surface area contributed by atoms with Crippen molar-refractivity contribution in [1.82, 2.24) is 5.32 Å². The summed E-state index contributed by atoms with van der Waals surface area (Å²) < 4.78 is 9.75. The first-order valence-electron chi connectivity index (χ1n) is 7.64. The van der Waals surface area contributed by atoms with E-state index in [9.17, 15) is 14.7 Å². The summed E-state index contributed by atoms with van der Waals surface area (Å²) in [6, 6.07) is 4.42. The molecule has 0 heterocycles. The fourth-order valence-electron chi connectivity index (χ4n) is 2.13. The van der Waals surface area contributed by atoms with Crippen LogP contribution >= 0.6 is 0 Å². The molecule has 1 aromatic rings. The minimum atomic E-state index is -1.52. The normalized spacial score (nSPS) is 13.8. The first-order valence-corrected chi connectivity index (χ1v) is 7.64. The SMILES string of the molecule is COC(=O)C(O)[C@H](Cc1cc(N)ccc1C)NC(=O)OC(C)(C)C. The summed E-state index contributed by atoms with van der Waals surface area (Å²) in [5.41, 5.74) is 7.37. The largest absolute Gasteiger partial charge is 0.467 e. The Morgan fingerprint density at radius 2 is 1.96 bits per heavy atom. The topological polar surface area (TPSA) is 111 Å². The number of carbonyl (C=O) groups excluding carboxylic acids is 2. The second kappa shape index (κ2) is 8.01. The maximum atomic E-state index is 12.0. The number of benzene rings is 1. The molecule has 0 aliphatic rings. The number of nitrogens with one attached hydrogen (secondary N) is 1. The number of esters is 1. The fraction of sp³-hybridized carbons (Fsp3) is 0.529. The molecule has 1 rings (SSSR count). The maximum absolute atomic E-state index is 12.0. The molecule has 0 fully saturated rings. The van der Waals surface area contributed by atoms with Crippen LogP contribution in [0.5, 0.6) is 0 Å². The predicted octanol–water partition coefficient (Wildman–Crippen LogP) is 1.55. The first kappa shape index (κ1) is 19.8. The molecule has 0 saturated carbocycles. The van der Waals surface area contributed by atoms with Crippen LogP contribution < -0.4 is 11.1 Å². The fourth-order valence-corrected chi connectivity index (χ4v) is 2.13. The second-order valence-electron chi connectivity index (χ2n) is 6.61. The lowest BCUT2D eigenvalue weighted by Gasteiger charge is -2.26. The Balaban J connectivity index is 2.99. The number of hydrogen-bond acceptors (Lipinski definition) is 6. The van der Waals surface area contributed by atoms with Crippen LogP contribution in [0.25, 0.3) is 0 Å². The van der Waals surface area contributed by atoms with Crippen LogP contribution in [0.4, 0.5) is 10.5 Å². The molecule has 2 atom stereocenters. The number of alkyl carbamates (subject to hydrolysis) is 1. The van der Waals surface area contributed by atoms with E-state index in [-0.39, 0.29) is 6.42 Å². The molecule has 7 nitrogen and oxygen atoms in total. The average molecular weight is 338 g/mol. The molecule has 0 aliphatic heterocycles. The number of amides is 1. The van der Waals surface area contributed by atoms with Crippen molar-refractivity contribution in [1.29, 1.82) is 0 Å². The summed E-state index contributed by atoms with van der Waals surface area (Å²) in [6.07, 6.45) is -2.05. The van der Waals surface area contributed by atoms with Crippen LogP contribution in [0, 0.1) is 6.92 Å². The summed E-state index contributed by atoms with van der Waals surface area (Å²) >= 11 is 0. The molecule has 1 aromatic carbocycles. The number of rotatable bonds is 5. The molecular formula is C17H26N2O5. The molecule has 0 spiro atoms. The Bertz CT molecular complexity index is 595. The van der Waals surface area contributed by atoms with Crippen molar-refractivity contribution < 1.29 is 24.2 Å². The first-order chi connectivity index (χ1) is 11.0. The van der Waals surface area contributed by atoms with Crippen LogP contribution in [-0.2, 0) is 20.7 Å². The van der Waals surface area contributed by atoms with E-state index in [0.29, 0.717) is 5.69 Å². The Labute approximate surface area is 142 Å². The van der Waals surface area contributed by atoms with Gasteiger partial charge in [0.1, 0.15) is 5.60 Å². The van der Waals surface area contributed by atoms with E-state index in [1.165, 1.54) is 7.11 Å². The van der Waals surface area contributed by atoms with Crippen molar-refractivity contribution in [2.75, 3.05) is 12.8 Å². The van der Waals surface area contributed by atoms with E-state index < -0.39 is 29.8 Å². The Hall–Kier alpha value is -2.28. The van der Waals surface area contributed by atoms with E-state index in [1.54, 1.807) is 32.9 Å². The zero-order chi connectivity index (χ0) is 18.5. The van der Waals surface area contributed by atoms with Crippen molar-refractivity contribution in [3.05, 3.63) is 29.3 Å². The Morgan fingerprint density at radius 1 is 1.33 bits per heavy atom. The van der Waals surface area contributed by atoms with Gasteiger partial charge in [0.15, 0.2) is 6.10 Å². The van der Waals surface area contributed by atoms with Gasteiger partial charge in [0.05, 0.1) is 13.2 Å². The summed E-state index contributed by atoms with van der Waals surface area (Å²) in [6.45, 7) is 7.05. The number of aliphatic hydroxyl groups excluding tert-OH is 1. The van der Waals surface area contributed by atoms with E-state index in [0.717, 1.165) is 11.1 Å². The minimum Gasteiger partial charge on any atom is -0.467 e. The van der Waals surface area contributed by atoms with Gasteiger partial charge in [-0.3, -0.25) is 0 Å². The number of ether oxygens (including phenoxy) is 2. The predicted molar refractivity (Wildman–Crippen MR) is 90.5 cm³/mol. The van der Waals surface area contributed by atoms with E-state index in [4.69, 9.17) is 10.5 Å². The number of nitrogens with two attached hydrogens (primary N) is 1. The molecule has 1 amide bonds. The van der Waals surface area contributed by atoms with Crippen LogP contribution in [0.3, 0.4) is 0 Å². The van der Waals surface area contributed by atoms with Gasteiger partial charge >= 0.3 is 12.1 Å². The van der Waals surface area contributed by atoms with Crippen LogP contribution in [0.2, 0.25) is 0 Å². The summed E-state index contributed by atoms with van der Waals surface area (Å²) in [7, 11) is 1.17. The highest BCUT2D eigenvalue weighted by Crippen LogP contribution is 2.17. The molecule has 1 unspecified atom stereocenters. The third-order valence-corrected chi connectivity index (χ3v) is 3.34. The van der Waals surface area contributed by atoms with Crippen LogP contribution in [-0.4, -0.2) is 42.0 Å². The monoisotopic (exact) mass is 338 g/mol. The number of aliphatic hydroxyl groups is 1. The number of carbonyl (C=O) groups is 2. The summed E-state index contributed by atoms with van der Waals surface area (Å²) in [5, 5.41) is 12.7. The summed E-state index contributed by atoms with van der Waals surface area (Å²) in [5.74, 6) is -0.836. The molecule has 4 N–H and O–H groups in total. The lowest BCUT2D eigenvalue weighted by molar-refractivity contribution is -0.151. The highest BCUT2D eigenvalue weighted by Gasteiger charge is 2.30. The second-order valence-corrected chi connectivity index (χ2v) is 6.61. The van der Waals surface area contributed by atoms with E-state index in [1.807, 2.05) is 13.0 Å². The lowest BCUT2D eigenvalue weighted by atomic mass is 9.97. The standard InChI is InChI=1S/C17H26N2O5/c1-10-6-7-12(18)8-11(10)9-13(14(20)15(21)23-5)19-16(22)24-17(2,3)4/h6-8,13-14,20H,9,18H2,1-5H3,(H,19,22)/t13-,14?/m0/s1. The van der Waals surface area contributed by atoms with Gasteiger partial charge in [0.2, 0.25) is 0 Å². The quantitative estimate of drug-likeness (QED) is 0.555. The molecule has 134 valence electrons. The van der Waals surface area contributed by atoms with Gasteiger partial charge in [0.25, 0.3) is 0 Å². The number of methoxy groups -OCH3 is 1. The van der Waals surface area contributed by atoms with Gasteiger partial charge in [-0.1, -0.05) is 6.07 Å². The van der Waals surface area contributed by atoms with Gasteiger partial charge in [-0.25, -0.2) is 9.59 Å². The zero-order valence-electron chi connectivity index (χ0n) is 14.8. The number of nitrogen functional groups attached to an aromatic ring is 1. The maximum Gasteiger partial charge on any atom is 0.407 e. The molecule has 24 heavy (non-hydrogen) atoms. The van der Waals surface area contributed by atoms with Gasteiger partial charge < -0.3 is 25.6 Å². The van der Waals surface area contributed by atoms with Crippen molar-refractivity contribution in [3.8, 4) is 0 Å². The third kappa shape index (κ3) is 6.08. The minimum absolute atomic E-state index is 0.201. The van der Waals surface area contributed by atoms with Crippen LogP contribution in [0.1, 0.15) is 31.9 Å². The molecule has 0 aliphatic carbocycles. The average Bonchev–Trinajstić information content (AvgIpc) is 2.46.